The van der Waals surface area contributed by atoms with Crippen molar-refractivity contribution in [1.82, 2.24) is 0 Å². The standard InChI is InChI=1S/C40H43NO5/c1-10-39(42)46-36(24-45-40(43)25(2)3)23-44-35-16-18-38(31(9)22-35)37-17-15-34(21-30(37)8)41(32-13-11-26(4)28(6)19-32)33-14-12-27(5)29(7)20-33/h10-22,36H,1-2,23-24H2,3-9H3. The number of ether oxygens (including phenoxy) is 3. The molecular weight excluding hydrogens is 574 g/mol. The molecule has 0 bridgehead atoms. The zero-order valence-corrected chi connectivity index (χ0v) is 27.9. The Bertz CT molecular complexity index is 1740. The predicted octanol–water partition coefficient (Wildman–Crippen LogP) is 9.27. The Morgan fingerprint density at radius 1 is 0.696 bits per heavy atom. The molecule has 0 aliphatic rings. The first-order chi connectivity index (χ1) is 21.9. The number of hydrogen-bond donors (Lipinski definition) is 0. The van der Waals surface area contributed by atoms with Crippen molar-refractivity contribution >= 4 is 29.0 Å². The smallest absolute Gasteiger partial charge is 0.333 e. The lowest BCUT2D eigenvalue weighted by Gasteiger charge is -2.27. The van der Waals surface area contributed by atoms with Gasteiger partial charge in [-0.15, -0.1) is 0 Å². The summed E-state index contributed by atoms with van der Waals surface area (Å²) in [6.07, 6.45) is 0.254. The molecule has 0 heterocycles. The first-order valence-corrected chi connectivity index (χ1v) is 15.3. The molecule has 4 aromatic rings. The normalized spacial score (nSPS) is 11.4. The molecule has 0 aliphatic heterocycles. The van der Waals surface area contributed by atoms with E-state index in [0.717, 1.165) is 45.4 Å². The summed E-state index contributed by atoms with van der Waals surface area (Å²) >= 11 is 0. The largest absolute Gasteiger partial charge is 0.490 e. The number of esters is 2. The van der Waals surface area contributed by atoms with Crippen LogP contribution in [-0.2, 0) is 19.1 Å². The van der Waals surface area contributed by atoms with E-state index in [0.29, 0.717) is 5.75 Å². The lowest BCUT2D eigenvalue weighted by Crippen LogP contribution is -2.30. The van der Waals surface area contributed by atoms with Crippen LogP contribution in [0.5, 0.6) is 5.75 Å². The van der Waals surface area contributed by atoms with Gasteiger partial charge >= 0.3 is 11.9 Å². The van der Waals surface area contributed by atoms with Crippen LogP contribution < -0.4 is 9.64 Å². The van der Waals surface area contributed by atoms with E-state index in [4.69, 9.17) is 14.2 Å². The minimum atomic E-state index is -0.804. The highest BCUT2D eigenvalue weighted by Gasteiger charge is 2.19. The summed E-state index contributed by atoms with van der Waals surface area (Å²) in [6.45, 7) is 21.1. The molecule has 1 atom stereocenters. The quantitative estimate of drug-likeness (QED) is 0.117. The number of carbonyl (C=O) groups excluding carboxylic acids is 2. The maximum absolute atomic E-state index is 11.8. The Hall–Kier alpha value is -5.10. The zero-order chi connectivity index (χ0) is 33.5. The van der Waals surface area contributed by atoms with Crippen LogP contribution in [0.3, 0.4) is 0 Å². The summed E-state index contributed by atoms with van der Waals surface area (Å²) in [4.78, 5) is 26.0. The maximum Gasteiger partial charge on any atom is 0.333 e. The predicted molar refractivity (Wildman–Crippen MR) is 186 cm³/mol. The van der Waals surface area contributed by atoms with Gasteiger partial charge in [0.1, 0.15) is 19.0 Å². The molecule has 0 N–H and O–H groups in total. The number of rotatable bonds is 12. The third kappa shape index (κ3) is 8.13. The summed E-state index contributed by atoms with van der Waals surface area (Å²) < 4.78 is 16.5. The lowest BCUT2D eigenvalue weighted by atomic mass is 9.95. The number of benzene rings is 4. The fraction of sp³-hybridized carbons (Fsp3) is 0.250. The van der Waals surface area contributed by atoms with Gasteiger partial charge in [0.05, 0.1) is 0 Å². The highest BCUT2D eigenvalue weighted by Crippen LogP contribution is 2.39. The summed E-state index contributed by atoms with van der Waals surface area (Å²) in [6, 6.07) is 25.6. The van der Waals surface area contributed by atoms with Crippen LogP contribution in [0.2, 0.25) is 0 Å². The van der Waals surface area contributed by atoms with Gasteiger partial charge in [-0.1, -0.05) is 37.4 Å². The van der Waals surface area contributed by atoms with Crippen molar-refractivity contribution < 1.29 is 23.8 Å². The average Bonchev–Trinajstić information content (AvgIpc) is 3.02. The molecule has 0 saturated heterocycles. The average molecular weight is 618 g/mol. The van der Waals surface area contributed by atoms with Crippen LogP contribution in [0.1, 0.15) is 40.3 Å². The van der Waals surface area contributed by atoms with E-state index in [-0.39, 0.29) is 18.8 Å². The molecular formula is C40H43NO5. The third-order valence-corrected chi connectivity index (χ3v) is 8.09. The number of nitrogens with zero attached hydrogens (tertiary/aromatic N) is 1. The Kier molecular flexibility index (Phi) is 10.9. The van der Waals surface area contributed by atoms with Crippen LogP contribution in [0, 0.1) is 41.5 Å². The second-order valence-electron chi connectivity index (χ2n) is 11.8. The Balaban J connectivity index is 1.59. The SMILES string of the molecule is C=CC(=O)OC(COC(=O)C(=C)C)COc1ccc(-c2ccc(N(c3ccc(C)c(C)c3)c3ccc(C)c(C)c3)cc2C)c(C)c1. The summed E-state index contributed by atoms with van der Waals surface area (Å²) in [5.41, 5.74) is 13.0. The van der Waals surface area contributed by atoms with Crippen molar-refractivity contribution in [2.75, 3.05) is 18.1 Å². The Morgan fingerprint density at radius 2 is 1.20 bits per heavy atom. The van der Waals surface area contributed by atoms with E-state index >= 15 is 0 Å². The molecule has 238 valence electrons. The van der Waals surface area contributed by atoms with Gasteiger partial charge in [-0.05, 0) is 142 Å². The Morgan fingerprint density at radius 3 is 1.67 bits per heavy atom. The van der Waals surface area contributed by atoms with Crippen LogP contribution in [0.25, 0.3) is 11.1 Å². The van der Waals surface area contributed by atoms with Gasteiger partial charge in [-0.2, -0.15) is 0 Å². The van der Waals surface area contributed by atoms with Crippen LogP contribution in [0.15, 0.2) is 97.6 Å². The second-order valence-corrected chi connectivity index (χ2v) is 11.8. The van der Waals surface area contributed by atoms with Gasteiger partial charge in [0.25, 0.3) is 0 Å². The van der Waals surface area contributed by atoms with Gasteiger partial charge in [0, 0.05) is 28.7 Å². The summed E-state index contributed by atoms with van der Waals surface area (Å²) in [7, 11) is 0. The first-order valence-electron chi connectivity index (χ1n) is 15.3. The fourth-order valence-electron chi connectivity index (χ4n) is 5.10. The molecule has 6 heteroatoms. The number of aryl methyl sites for hydroxylation is 6. The number of anilines is 3. The van der Waals surface area contributed by atoms with Gasteiger partial charge in [-0.3, -0.25) is 0 Å². The highest BCUT2D eigenvalue weighted by atomic mass is 16.6. The van der Waals surface area contributed by atoms with Crippen LogP contribution >= 0.6 is 0 Å². The monoisotopic (exact) mass is 617 g/mol. The van der Waals surface area contributed by atoms with Crippen molar-refractivity contribution in [3.8, 4) is 16.9 Å². The first kappa shape index (κ1) is 33.8. The van der Waals surface area contributed by atoms with Crippen molar-refractivity contribution in [3.63, 3.8) is 0 Å². The molecule has 0 amide bonds. The maximum atomic E-state index is 11.8. The molecule has 4 aromatic carbocycles. The minimum absolute atomic E-state index is 0.00235. The van der Waals surface area contributed by atoms with Gasteiger partial charge in [0.15, 0.2) is 6.10 Å². The van der Waals surface area contributed by atoms with E-state index < -0.39 is 18.0 Å². The van der Waals surface area contributed by atoms with E-state index in [9.17, 15) is 9.59 Å². The molecule has 0 aliphatic carbocycles. The van der Waals surface area contributed by atoms with Crippen molar-refractivity contribution in [2.24, 2.45) is 0 Å². The van der Waals surface area contributed by atoms with E-state index in [1.165, 1.54) is 22.3 Å². The zero-order valence-electron chi connectivity index (χ0n) is 27.9. The van der Waals surface area contributed by atoms with E-state index in [1.807, 2.05) is 25.1 Å². The van der Waals surface area contributed by atoms with Crippen molar-refractivity contribution in [2.45, 2.75) is 54.6 Å². The second kappa shape index (κ2) is 14.8. The third-order valence-electron chi connectivity index (χ3n) is 8.09. The molecule has 4 rings (SSSR count). The van der Waals surface area contributed by atoms with Crippen LogP contribution in [0.4, 0.5) is 17.1 Å². The Labute approximate surface area is 272 Å². The molecule has 0 spiro atoms. The van der Waals surface area contributed by atoms with Crippen molar-refractivity contribution in [1.29, 1.82) is 0 Å². The summed E-state index contributed by atoms with van der Waals surface area (Å²) in [5, 5.41) is 0. The molecule has 46 heavy (non-hydrogen) atoms. The fourth-order valence-corrected chi connectivity index (χ4v) is 5.10. The minimum Gasteiger partial charge on any atom is -0.490 e. The van der Waals surface area contributed by atoms with E-state index in [1.54, 1.807) is 6.92 Å². The van der Waals surface area contributed by atoms with Crippen LogP contribution in [-0.4, -0.2) is 31.3 Å². The number of carbonyl (C=O) groups is 2. The van der Waals surface area contributed by atoms with Crippen molar-refractivity contribution in [3.05, 3.63) is 131 Å². The topological polar surface area (TPSA) is 65.1 Å². The highest BCUT2D eigenvalue weighted by molar-refractivity contribution is 5.87. The van der Waals surface area contributed by atoms with E-state index in [2.05, 4.69) is 107 Å². The summed E-state index contributed by atoms with van der Waals surface area (Å²) in [5.74, 6) is -0.580. The van der Waals surface area contributed by atoms with Gasteiger partial charge in [-0.25, -0.2) is 9.59 Å². The molecule has 0 fully saturated rings. The number of hydrogen-bond acceptors (Lipinski definition) is 6. The lowest BCUT2D eigenvalue weighted by molar-refractivity contribution is -0.154. The molecule has 0 saturated carbocycles. The molecule has 0 aromatic heterocycles. The molecule has 0 radical (unpaired) electrons. The van der Waals surface area contributed by atoms with Gasteiger partial charge in [0.2, 0.25) is 0 Å². The van der Waals surface area contributed by atoms with Gasteiger partial charge < -0.3 is 19.1 Å². The molecule has 6 nitrogen and oxygen atoms in total. The molecule has 1 unspecified atom stereocenters.